The van der Waals surface area contributed by atoms with Crippen LogP contribution in [0.1, 0.15) is 25.7 Å². The van der Waals surface area contributed by atoms with Crippen LogP contribution in [-0.2, 0) is 4.79 Å². The van der Waals surface area contributed by atoms with Crippen LogP contribution in [0.4, 0.5) is 4.39 Å². The lowest BCUT2D eigenvalue weighted by Gasteiger charge is -2.28. The minimum Gasteiger partial charge on any atom is -0.491 e. The Balaban J connectivity index is 1.43. The van der Waals surface area contributed by atoms with Crippen LogP contribution < -0.4 is 10.1 Å². The number of rotatable bonds is 6. The quantitative estimate of drug-likeness (QED) is 0.829. The molecule has 5 nitrogen and oxygen atoms in total. The highest BCUT2D eigenvalue weighted by Gasteiger charge is 2.37. The number of likely N-dealkylation sites (tertiary alicyclic amines) is 1. The van der Waals surface area contributed by atoms with Crippen LogP contribution in [0.3, 0.4) is 0 Å². The lowest BCUT2D eigenvalue weighted by molar-refractivity contribution is -0.123. The van der Waals surface area contributed by atoms with Crippen LogP contribution in [0.25, 0.3) is 0 Å². The summed E-state index contributed by atoms with van der Waals surface area (Å²) >= 11 is 0. The molecule has 6 heteroatoms. The first kappa shape index (κ1) is 16.2. The van der Waals surface area contributed by atoms with Gasteiger partial charge in [0.25, 0.3) is 0 Å². The molecule has 0 radical (unpaired) electrons. The molecular formula is C17H23FN2O3. The second-order valence-corrected chi connectivity index (χ2v) is 6.62. The van der Waals surface area contributed by atoms with Crippen LogP contribution in [0.5, 0.6) is 5.75 Å². The highest BCUT2D eigenvalue weighted by Crippen LogP contribution is 2.23. The maximum Gasteiger partial charge on any atom is 0.234 e. The molecule has 0 bridgehead atoms. The maximum atomic E-state index is 12.8. The van der Waals surface area contributed by atoms with E-state index in [0.717, 1.165) is 12.8 Å². The number of benzene rings is 1. The van der Waals surface area contributed by atoms with Crippen LogP contribution in [0, 0.1) is 5.82 Å². The van der Waals surface area contributed by atoms with Gasteiger partial charge < -0.3 is 15.2 Å². The number of carbonyl (C=O) groups is 1. The van der Waals surface area contributed by atoms with Gasteiger partial charge in [0.1, 0.15) is 23.8 Å². The molecule has 2 aliphatic rings. The molecule has 1 amide bonds. The Bertz CT molecular complexity index is 547. The van der Waals surface area contributed by atoms with Crippen molar-refractivity contribution in [2.75, 3.05) is 26.2 Å². The summed E-state index contributed by atoms with van der Waals surface area (Å²) < 4.78 is 18.4. The number of amides is 1. The van der Waals surface area contributed by atoms with E-state index in [4.69, 9.17) is 4.74 Å². The fourth-order valence-electron chi connectivity index (χ4n) is 2.97. The monoisotopic (exact) mass is 322 g/mol. The predicted octanol–water partition coefficient (Wildman–Crippen LogP) is 1.31. The number of β-amino-alcohol motifs (C(OH)–C–C–N with tert-alkyl or cyclic N) is 1. The van der Waals surface area contributed by atoms with Crippen molar-refractivity contribution in [3.8, 4) is 5.75 Å². The molecule has 126 valence electrons. The third kappa shape index (κ3) is 4.42. The Morgan fingerprint density at radius 2 is 2.13 bits per heavy atom. The normalized spacial score (nSPS) is 25.1. The predicted molar refractivity (Wildman–Crippen MR) is 83.7 cm³/mol. The Kier molecular flexibility index (Phi) is 4.82. The van der Waals surface area contributed by atoms with E-state index in [9.17, 15) is 14.3 Å². The van der Waals surface area contributed by atoms with Crippen molar-refractivity contribution in [3.63, 3.8) is 0 Å². The number of halogens is 1. The van der Waals surface area contributed by atoms with Gasteiger partial charge in [-0.3, -0.25) is 9.69 Å². The van der Waals surface area contributed by atoms with E-state index < -0.39 is 5.60 Å². The molecule has 0 spiro atoms. The van der Waals surface area contributed by atoms with Gasteiger partial charge in [-0.25, -0.2) is 4.39 Å². The van der Waals surface area contributed by atoms with Crippen LogP contribution in [0.2, 0.25) is 0 Å². The molecule has 1 saturated heterocycles. The number of aliphatic hydroxyl groups is 1. The van der Waals surface area contributed by atoms with E-state index in [0.29, 0.717) is 37.8 Å². The summed E-state index contributed by atoms with van der Waals surface area (Å²) in [5, 5.41) is 13.6. The average molecular weight is 322 g/mol. The minimum absolute atomic E-state index is 0.0263. The number of hydrogen-bond donors (Lipinski definition) is 2. The molecule has 2 N–H and O–H groups in total. The summed E-state index contributed by atoms with van der Waals surface area (Å²) in [6.07, 6.45) is 3.89. The smallest absolute Gasteiger partial charge is 0.234 e. The molecule has 1 aliphatic carbocycles. The van der Waals surface area contributed by atoms with Gasteiger partial charge in [-0.2, -0.15) is 0 Å². The van der Waals surface area contributed by atoms with E-state index in [1.165, 1.54) is 30.7 Å². The number of ether oxygens (including phenoxy) is 1. The van der Waals surface area contributed by atoms with Gasteiger partial charge in [-0.05, 0) is 49.9 Å². The van der Waals surface area contributed by atoms with E-state index in [1.807, 2.05) is 4.90 Å². The van der Waals surface area contributed by atoms with E-state index in [-0.39, 0.29) is 18.3 Å². The average Bonchev–Trinajstić information content (AvgIpc) is 2.84. The van der Waals surface area contributed by atoms with Gasteiger partial charge >= 0.3 is 0 Å². The summed E-state index contributed by atoms with van der Waals surface area (Å²) in [5.74, 6) is 0.236. The molecule has 1 saturated carbocycles. The van der Waals surface area contributed by atoms with Gasteiger partial charge in [0, 0.05) is 19.1 Å². The van der Waals surface area contributed by atoms with Crippen molar-refractivity contribution in [2.45, 2.75) is 37.3 Å². The Morgan fingerprint density at radius 1 is 1.39 bits per heavy atom. The highest BCUT2D eigenvalue weighted by molar-refractivity contribution is 5.78. The number of carbonyl (C=O) groups excluding carboxylic acids is 1. The third-order valence-electron chi connectivity index (χ3n) is 4.57. The highest BCUT2D eigenvalue weighted by atomic mass is 19.1. The summed E-state index contributed by atoms with van der Waals surface area (Å²) in [6.45, 7) is 1.53. The van der Waals surface area contributed by atoms with Gasteiger partial charge in [-0.15, -0.1) is 0 Å². The molecule has 1 atom stereocenters. The fraction of sp³-hybridized carbons (Fsp3) is 0.588. The molecule has 1 aromatic carbocycles. The lowest BCUT2D eigenvalue weighted by atomic mass is 9.93. The van der Waals surface area contributed by atoms with Crippen LogP contribution in [-0.4, -0.2) is 53.8 Å². The van der Waals surface area contributed by atoms with Crippen molar-refractivity contribution in [2.24, 2.45) is 0 Å². The van der Waals surface area contributed by atoms with Crippen LogP contribution in [0.15, 0.2) is 24.3 Å². The topological polar surface area (TPSA) is 61.8 Å². The molecule has 23 heavy (non-hydrogen) atoms. The Morgan fingerprint density at radius 3 is 2.78 bits per heavy atom. The van der Waals surface area contributed by atoms with Gasteiger partial charge in [-0.1, -0.05) is 0 Å². The Labute approximate surface area is 135 Å². The molecule has 1 aromatic rings. The first-order valence-electron chi connectivity index (χ1n) is 8.15. The van der Waals surface area contributed by atoms with Crippen molar-refractivity contribution >= 4 is 5.91 Å². The van der Waals surface area contributed by atoms with E-state index in [2.05, 4.69) is 5.32 Å². The second kappa shape index (κ2) is 6.84. The lowest BCUT2D eigenvalue weighted by Crippen LogP contribution is -2.46. The van der Waals surface area contributed by atoms with Gasteiger partial charge in [0.05, 0.1) is 6.54 Å². The van der Waals surface area contributed by atoms with E-state index in [1.54, 1.807) is 0 Å². The van der Waals surface area contributed by atoms with Gasteiger partial charge in [0.15, 0.2) is 0 Å². The molecule has 1 unspecified atom stereocenters. The molecular weight excluding hydrogens is 299 g/mol. The van der Waals surface area contributed by atoms with Crippen molar-refractivity contribution in [1.29, 1.82) is 0 Å². The zero-order valence-corrected chi connectivity index (χ0v) is 13.1. The molecule has 1 heterocycles. The standard InChI is InChI=1S/C17H23FN2O3/c18-13-4-6-15(7-5-13)23-12-17(22)8-9-20(11-17)10-16(21)19-14-2-1-3-14/h4-7,14,22H,1-3,8-12H2,(H,19,21). The number of hydrogen-bond acceptors (Lipinski definition) is 4. The van der Waals surface area contributed by atoms with Crippen LogP contribution >= 0.6 is 0 Å². The second-order valence-electron chi connectivity index (χ2n) is 6.62. The summed E-state index contributed by atoms with van der Waals surface area (Å²) in [6, 6.07) is 6.07. The number of nitrogens with zero attached hydrogens (tertiary/aromatic N) is 1. The molecule has 3 rings (SSSR count). The molecule has 0 aromatic heterocycles. The van der Waals surface area contributed by atoms with Gasteiger partial charge in [0.2, 0.25) is 5.91 Å². The zero-order chi connectivity index (χ0) is 16.3. The summed E-state index contributed by atoms with van der Waals surface area (Å²) in [4.78, 5) is 13.9. The first-order valence-corrected chi connectivity index (χ1v) is 8.15. The largest absolute Gasteiger partial charge is 0.491 e. The van der Waals surface area contributed by atoms with E-state index >= 15 is 0 Å². The zero-order valence-electron chi connectivity index (χ0n) is 13.1. The SMILES string of the molecule is O=C(CN1CCC(O)(COc2ccc(F)cc2)C1)NC1CCC1. The number of nitrogens with one attached hydrogen (secondary N) is 1. The first-order chi connectivity index (χ1) is 11.0. The summed E-state index contributed by atoms with van der Waals surface area (Å²) in [7, 11) is 0. The maximum absolute atomic E-state index is 12.8. The molecule has 1 aliphatic heterocycles. The van der Waals surface area contributed by atoms with Crippen molar-refractivity contribution < 1.29 is 19.0 Å². The minimum atomic E-state index is -0.967. The molecule has 2 fully saturated rings. The Hall–Kier alpha value is -1.66. The fourth-order valence-corrected chi connectivity index (χ4v) is 2.97. The van der Waals surface area contributed by atoms with Crippen molar-refractivity contribution in [3.05, 3.63) is 30.1 Å². The third-order valence-corrected chi connectivity index (χ3v) is 4.57. The summed E-state index contributed by atoms with van der Waals surface area (Å²) in [5.41, 5.74) is -0.967. The van der Waals surface area contributed by atoms with Crippen molar-refractivity contribution in [1.82, 2.24) is 10.2 Å².